The van der Waals surface area contributed by atoms with Crippen LogP contribution in [-0.2, 0) is 19.1 Å². The zero-order chi connectivity index (χ0) is 17.9. The van der Waals surface area contributed by atoms with Gasteiger partial charge in [0.2, 0.25) is 0 Å². The van der Waals surface area contributed by atoms with Gasteiger partial charge in [-0.3, -0.25) is 19.2 Å². The number of benzene rings is 1. The fourth-order valence-corrected chi connectivity index (χ4v) is 2.12. The smallest absolute Gasteiger partial charge is 0.305 e. The van der Waals surface area contributed by atoms with Gasteiger partial charge in [0, 0.05) is 36.8 Å². The second-order valence-electron chi connectivity index (χ2n) is 5.28. The lowest BCUT2D eigenvalue weighted by Gasteiger charge is -2.04. The SMILES string of the molecule is COC(=O)CCCC(=O)c1ccc(C(=O)CCCC(=O)OC)cc1. The molecule has 6 nitrogen and oxygen atoms in total. The van der Waals surface area contributed by atoms with Crippen LogP contribution >= 0.6 is 0 Å². The molecule has 0 N–H and O–H groups in total. The summed E-state index contributed by atoms with van der Waals surface area (Å²) in [6, 6.07) is 6.42. The van der Waals surface area contributed by atoms with Crippen molar-refractivity contribution < 1.29 is 28.7 Å². The lowest BCUT2D eigenvalue weighted by Crippen LogP contribution is -2.05. The van der Waals surface area contributed by atoms with Crippen LogP contribution in [0.1, 0.15) is 59.2 Å². The van der Waals surface area contributed by atoms with Crippen LogP contribution in [0, 0.1) is 0 Å². The fourth-order valence-electron chi connectivity index (χ4n) is 2.12. The molecule has 0 saturated heterocycles. The normalized spacial score (nSPS) is 10.1. The van der Waals surface area contributed by atoms with E-state index in [0.29, 0.717) is 24.0 Å². The number of Topliss-reactive ketones (excluding diaryl/α,β-unsaturated/α-hetero) is 2. The van der Waals surface area contributed by atoms with E-state index < -0.39 is 0 Å². The summed E-state index contributed by atoms with van der Waals surface area (Å²) in [7, 11) is 2.62. The first kappa shape index (κ1) is 19.5. The highest BCUT2D eigenvalue weighted by Crippen LogP contribution is 2.12. The molecule has 24 heavy (non-hydrogen) atoms. The minimum Gasteiger partial charge on any atom is -0.469 e. The van der Waals surface area contributed by atoms with Crippen LogP contribution in [0.4, 0.5) is 0 Å². The molecule has 0 amide bonds. The third-order valence-corrected chi connectivity index (χ3v) is 3.55. The molecule has 1 aromatic rings. The van der Waals surface area contributed by atoms with E-state index in [1.807, 2.05) is 0 Å². The maximum atomic E-state index is 12.0. The molecule has 0 heterocycles. The summed E-state index contributed by atoms with van der Waals surface area (Å²) in [6.07, 6.45) is 1.78. The summed E-state index contributed by atoms with van der Waals surface area (Å²) in [6.45, 7) is 0. The Balaban J connectivity index is 2.46. The Hall–Kier alpha value is -2.50. The molecule has 0 fully saturated rings. The molecule has 0 radical (unpaired) electrons. The van der Waals surface area contributed by atoms with Gasteiger partial charge >= 0.3 is 11.9 Å². The van der Waals surface area contributed by atoms with Crippen LogP contribution < -0.4 is 0 Å². The van der Waals surface area contributed by atoms with Gasteiger partial charge in [-0.1, -0.05) is 24.3 Å². The summed E-state index contributed by atoms with van der Waals surface area (Å²) in [4.78, 5) is 46.0. The van der Waals surface area contributed by atoms with Crippen LogP contribution in [0.15, 0.2) is 24.3 Å². The minimum atomic E-state index is -0.337. The first-order valence-electron chi connectivity index (χ1n) is 7.78. The quantitative estimate of drug-likeness (QED) is 0.483. The number of ketones is 2. The average Bonchev–Trinajstić information content (AvgIpc) is 2.61. The minimum absolute atomic E-state index is 0.0800. The molecule has 1 aromatic carbocycles. The van der Waals surface area contributed by atoms with Crippen LogP contribution in [0.2, 0.25) is 0 Å². The number of hydrogen-bond donors (Lipinski definition) is 0. The van der Waals surface area contributed by atoms with E-state index >= 15 is 0 Å². The summed E-state index contributed by atoms with van der Waals surface area (Å²) >= 11 is 0. The Labute approximate surface area is 141 Å². The second kappa shape index (κ2) is 10.3. The topological polar surface area (TPSA) is 86.7 Å². The van der Waals surface area contributed by atoms with Crippen molar-refractivity contribution in [3.63, 3.8) is 0 Å². The van der Waals surface area contributed by atoms with E-state index in [9.17, 15) is 19.2 Å². The Morgan fingerprint density at radius 3 is 1.29 bits per heavy atom. The first-order chi connectivity index (χ1) is 11.5. The number of carbonyl (C=O) groups is 4. The van der Waals surface area contributed by atoms with Crippen LogP contribution in [0.3, 0.4) is 0 Å². The molecule has 0 aliphatic carbocycles. The molecule has 0 unspecified atom stereocenters. The van der Waals surface area contributed by atoms with Gasteiger partial charge in [-0.15, -0.1) is 0 Å². The van der Waals surface area contributed by atoms with Crippen molar-refractivity contribution in [2.75, 3.05) is 14.2 Å². The molecular formula is C18H22O6. The lowest BCUT2D eigenvalue weighted by atomic mass is 10.0. The average molecular weight is 334 g/mol. The molecule has 0 spiro atoms. The van der Waals surface area contributed by atoms with Gasteiger partial charge in [0.15, 0.2) is 11.6 Å². The van der Waals surface area contributed by atoms with Crippen LogP contribution in [-0.4, -0.2) is 37.7 Å². The maximum Gasteiger partial charge on any atom is 0.305 e. The Kier molecular flexibility index (Phi) is 8.39. The van der Waals surface area contributed by atoms with Gasteiger partial charge in [-0.25, -0.2) is 0 Å². The van der Waals surface area contributed by atoms with Gasteiger partial charge in [0.25, 0.3) is 0 Å². The molecule has 0 saturated carbocycles. The van der Waals surface area contributed by atoms with Gasteiger partial charge in [0.1, 0.15) is 0 Å². The van der Waals surface area contributed by atoms with Crippen molar-refractivity contribution in [1.82, 2.24) is 0 Å². The molecule has 0 aliphatic rings. The molecule has 0 aliphatic heterocycles. The predicted octanol–water partition coefficient (Wildman–Crippen LogP) is 2.74. The highest BCUT2D eigenvalue weighted by atomic mass is 16.5. The van der Waals surface area contributed by atoms with Gasteiger partial charge < -0.3 is 9.47 Å². The van der Waals surface area contributed by atoms with Gasteiger partial charge in [-0.2, -0.15) is 0 Å². The number of hydrogen-bond acceptors (Lipinski definition) is 6. The van der Waals surface area contributed by atoms with Crippen molar-refractivity contribution >= 4 is 23.5 Å². The van der Waals surface area contributed by atoms with E-state index in [1.54, 1.807) is 24.3 Å². The summed E-state index contributed by atoms with van der Waals surface area (Å²) in [5.74, 6) is -0.835. The summed E-state index contributed by atoms with van der Waals surface area (Å²) in [5, 5.41) is 0. The van der Waals surface area contributed by atoms with Gasteiger partial charge in [-0.05, 0) is 12.8 Å². The number of methoxy groups -OCH3 is 2. The predicted molar refractivity (Wildman–Crippen MR) is 86.8 cm³/mol. The van der Waals surface area contributed by atoms with Crippen LogP contribution in [0.5, 0.6) is 0 Å². The van der Waals surface area contributed by atoms with E-state index in [4.69, 9.17) is 0 Å². The fraction of sp³-hybridized carbons (Fsp3) is 0.444. The first-order valence-corrected chi connectivity index (χ1v) is 7.78. The second-order valence-corrected chi connectivity index (χ2v) is 5.28. The van der Waals surface area contributed by atoms with E-state index in [-0.39, 0.29) is 49.2 Å². The zero-order valence-corrected chi connectivity index (χ0v) is 14.0. The molecule has 1 rings (SSSR count). The zero-order valence-electron chi connectivity index (χ0n) is 14.0. The summed E-state index contributed by atoms with van der Waals surface area (Å²) < 4.78 is 9.03. The highest BCUT2D eigenvalue weighted by molar-refractivity contribution is 5.99. The maximum absolute atomic E-state index is 12.0. The molecule has 130 valence electrons. The van der Waals surface area contributed by atoms with Crippen molar-refractivity contribution in [2.45, 2.75) is 38.5 Å². The van der Waals surface area contributed by atoms with Crippen molar-refractivity contribution in [3.8, 4) is 0 Å². The molecule has 0 bridgehead atoms. The van der Waals surface area contributed by atoms with E-state index in [2.05, 4.69) is 9.47 Å². The molecule has 0 aromatic heterocycles. The number of rotatable bonds is 10. The largest absolute Gasteiger partial charge is 0.469 e. The third-order valence-electron chi connectivity index (χ3n) is 3.55. The Bertz CT molecular complexity index is 535. The van der Waals surface area contributed by atoms with Crippen molar-refractivity contribution in [2.24, 2.45) is 0 Å². The number of carbonyl (C=O) groups excluding carboxylic acids is 4. The molecule has 6 heteroatoms. The number of esters is 2. The molecule has 0 atom stereocenters. The van der Waals surface area contributed by atoms with Crippen LogP contribution in [0.25, 0.3) is 0 Å². The monoisotopic (exact) mass is 334 g/mol. The van der Waals surface area contributed by atoms with E-state index in [1.165, 1.54) is 14.2 Å². The Morgan fingerprint density at radius 2 is 1.00 bits per heavy atom. The highest BCUT2D eigenvalue weighted by Gasteiger charge is 2.11. The lowest BCUT2D eigenvalue weighted by molar-refractivity contribution is -0.141. The third kappa shape index (κ3) is 6.73. The Morgan fingerprint density at radius 1 is 0.667 bits per heavy atom. The number of ether oxygens (including phenoxy) is 2. The molecular weight excluding hydrogens is 312 g/mol. The van der Waals surface area contributed by atoms with Crippen molar-refractivity contribution in [1.29, 1.82) is 0 Å². The standard InChI is InChI=1S/C18H22O6/c1-23-17(21)7-3-5-15(19)13-9-11-14(12-10-13)16(20)6-4-8-18(22)24-2/h9-12H,3-8H2,1-2H3. The van der Waals surface area contributed by atoms with E-state index in [0.717, 1.165) is 0 Å². The summed E-state index contributed by atoms with van der Waals surface area (Å²) in [5.41, 5.74) is 1.01. The van der Waals surface area contributed by atoms with Gasteiger partial charge in [0.05, 0.1) is 14.2 Å². The van der Waals surface area contributed by atoms with Crippen molar-refractivity contribution in [3.05, 3.63) is 35.4 Å².